The van der Waals surface area contributed by atoms with Crippen LogP contribution in [0.3, 0.4) is 0 Å². The summed E-state index contributed by atoms with van der Waals surface area (Å²) < 4.78 is 0. The first-order chi connectivity index (χ1) is 7.16. The number of carboxylic acids is 1. The first kappa shape index (κ1) is 10.9. The van der Waals surface area contributed by atoms with Crippen molar-refractivity contribution in [1.29, 1.82) is 0 Å². The number of rotatable bonds is 4. The topological polar surface area (TPSA) is 43.8 Å². The smallest absolute Gasteiger partial charge is 0.317 e. The van der Waals surface area contributed by atoms with E-state index in [-0.39, 0.29) is 6.54 Å². The van der Waals surface area contributed by atoms with Crippen LogP contribution in [-0.2, 0) is 4.79 Å². The molecule has 2 aliphatic rings. The normalized spacial score (nSPS) is 28.3. The molecule has 0 aromatic carbocycles. The van der Waals surface area contributed by atoms with Crippen molar-refractivity contribution in [3.8, 4) is 0 Å². The Kier molecular flexibility index (Phi) is 3.26. The van der Waals surface area contributed by atoms with Gasteiger partial charge in [0.15, 0.2) is 0 Å². The molecule has 1 heterocycles. The fraction of sp³-hybridized carbons (Fsp3) is 0.909. The molecular formula is C11H20N2O2. The largest absolute Gasteiger partial charge is 0.480 e. The lowest BCUT2D eigenvalue weighted by atomic mass is 10.0. The van der Waals surface area contributed by atoms with Crippen LogP contribution in [0.2, 0.25) is 0 Å². The molecule has 86 valence electrons. The molecule has 0 amide bonds. The van der Waals surface area contributed by atoms with Crippen LogP contribution in [0.25, 0.3) is 0 Å². The van der Waals surface area contributed by atoms with Crippen LogP contribution in [0.15, 0.2) is 0 Å². The molecule has 15 heavy (non-hydrogen) atoms. The minimum Gasteiger partial charge on any atom is -0.480 e. The third-order valence-electron chi connectivity index (χ3n) is 3.40. The van der Waals surface area contributed by atoms with Crippen molar-refractivity contribution in [2.45, 2.75) is 37.8 Å². The van der Waals surface area contributed by atoms with E-state index in [9.17, 15) is 4.79 Å². The molecule has 0 bridgehead atoms. The second-order valence-electron chi connectivity index (χ2n) is 4.86. The molecule has 0 radical (unpaired) electrons. The lowest BCUT2D eigenvalue weighted by Gasteiger charge is -2.37. The first-order valence-corrected chi connectivity index (χ1v) is 5.83. The number of carboxylic acid groups (broad SMARTS) is 1. The van der Waals surface area contributed by atoms with Gasteiger partial charge in [-0.05, 0) is 39.3 Å². The monoisotopic (exact) mass is 212 g/mol. The number of aliphatic carboxylic acids is 1. The number of piperidine rings is 1. The standard InChI is InChI=1S/C11H20N2O2/c1-12-6-2-3-10(7-12)13(8-11(14)15)9-4-5-9/h9-10H,2-8H2,1H3,(H,14,15)/t10-/m0/s1. The van der Waals surface area contributed by atoms with Crippen molar-refractivity contribution >= 4 is 5.97 Å². The average Bonchev–Trinajstić information content (AvgIpc) is 2.97. The molecule has 1 N–H and O–H groups in total. The molecule has 0 unspecified atom stereocenters. The van der Waals surface area contributed by atoms with Crippen molar-refractivity contribution in [3.63, 3.8) is 0 Å². The molecule has 2 fully saturated rings. The number of hydrogen-bond acceptors (Lipinski definition) is 3. The van der Waals surface area contributed by atoms with E-state index in [1.54, 1.807) is 0 Å². The lowest BCUT2D eigenvalue weighted by Crippen LogP contribution is -2.49. The van der Waals surface area contributed by atoms with Gasteiger partial charge in [0.1, 0.15) is 0 Å². The summed E-state index contributed by atoms with van der Waals surface area (Å²) in [6, 6.07) is 1.02. The van der Waals surface area contributed by atoms with Crippen LogP contribution in [0.5, 0.6) is 0 Å². The predicted octanol–water partition coefficient (Wildman–Crippen LogP) is 0.630. The van der Waals surface area contributed by atoms with Crippen LogP contribution in [0, 0.1) is 0 Å². The van der Waals surface area contributed by atoms with Crippen LogP contribution >= 0.6 is 0 Å². The van der Waals surface area contributed by atoms with Crippen LogP contribution in [0.1, 0.15) is 25.7 Å². The lowest BCUT2D eigenvalue weighted by molar-refractivity contribution is -0.139. The van der Waals surface area contributed by atoms with E-state index in [0.717, 1.165) is 19.5 Å². The van der Waals surface area contributed by atoms with Gasteiger partial charge in [0, 0.05) is 18.6 Å². The highest BCUT2D eigenvalue weighted by Crippen LogP contribution is 2.30. The first-order valence-electron chi connectivity index (χ1n) is 5.83. The molecule has 1 saturated carbocycles. The van der Waals surface area contributed by atoms with E-state index >= 15 is 0 Å². The Balaban J connectivity index is 1.93. The second-order valence-corrected chi connectivity index (χ2v) is 4.86. The Morgan fingerprint density at radius 2 is 2.13 bits per heavy atom. The van der Waals surface area contributed by atoms with E-state index in [4.69, 9.17) is 5.11 Å². The molecule has 4 nitrogen and oxygen atoms in total. The summed E-state index contributed by atoms with van der Waals surface area (Å²) >= 11 is 0. The van der Waals surface area contributed by atoms with Gasteiger partial charge in [-0.25, -0.2) is 0 Å². The van der Waals surface area contributed by atoms with Crippen molar-refractivity contribution in [1.82, 2.24) is 9.80 Å². The summed E-state index contributed by atoms with van der Waals surface area (Å²) in [4.78, 5) is 15.3. The zero-order chi connectivity index (χ0) is 10.8. The van der Waals surface area contributed by atoms with E-state index < -0.39 is 5.97 Å². The zero-order valence-electron chi connectivity index (χ0n) is 9.35. The van der Waals surface area contributed by atoms with Crippen molar-refractivity contribution < 1.29 is 9.90 Å². The Hall–Kier alpha value is -0.610. The maximum atomic E-state index is 10.8. The fourth-order valence-electron chi connectivity index (χ4n) is 2.53. The maximum absolute atomic E-state index is 10.8. The van der Waals surface area contributed by atoms with Crippen molar-refractivity contribution in [2.24, 2.45) is 0 Å². The second kappa shape index (κ2) is 4.49. The van der Waals surface area contributed by atoms with E-state index in [1.165, 1.54) is 19.3 Å². The molecule has 1 atom stereocenters. The molecule has 4 heteroatoms. The number of likely N-dealkylation sites (tertiary alicyclic amines) is 1. The van der Waals surface area contributed by atoms with Gasteiger partial charge in [-0.3, -0.25) is 9.69 Å². The predicted molar refractivity (Wildman–Crippen MR) is 57.9 cm³/mol. The highest BCUT2D eigenvalue weighted by molar-refractivity contribution is 5.69. The van der Waals surface area contributed by atoms with Gasteiger partial charge in [-0.2, -0.15) is 0 Å². The molecule has 1 aliphatic heterocycles. The fourth-order valence-corrected chi connectivity index (χ4v) is 2.53. The van der Waals surface area contributed by atoms with Gasteiger partial charge in [-0.15, -0.1) is 0 Å². The summed E-state index contributed by atoms with van der Waals surface area (Å²) in [5, 5.41) is 8.90. The summed E-state index contributed by atoms with van der Waals surface area (Å²) in [5.74, 6) is -0.685. The van der Waals surface area contributed by atoms with E-state index in [0.29, 0.717) is 12.1 Å². The highest BCUT2D eigenvalue weighted by Gasteiger charge is 2.36. The average molecular weight is 212 g/mol. The highest BCUT2D eigenvalue weighted by atomic mass is 16.4. The third kappa shape index (κ3) is 2.92. The minimum atomic E-state index is -0.685. The molecule has 1 aliphatic carbocycles. The maximum Gasteiger partial charge on any atom is 0.317 e. The number of hydrogen-bond donors (Lipinski definition) is 1. The number of nitrogens with zero attached hydrogens (tertiary/aromatic N) is 2. The van der Waals surface area contributed by atoms with Gasteiger partial charge in [0.2, 0.25) is 0 Å². The Morgan fingerprint density at radius 3 is 2.67 bits per heavy atom. The van der Waals surface area contributed by atoms with E-state index in [1.807, 2.05) is 0 Å². The molecule has 0 spiro atoms. The Bertz CT molecular complexity index is 241. The third-order valence-corrected chi connectivity index (χ3v) is 3.40. The van der Waals surface area contributed by atoms with Crippen LogP contribution in [-0.4, -0.2) is 59.6 Å². The molecule has 0 aromatic rings. The van der Waals surface area contributed by atoms with Gasteiger partial charge in [0.25, 0.3) is 0 Å². The molecule has 0 aromatic heterocycles. The van der Waals surface area contributed by atoms with Crippen molar-refractivity contribution in [3.05, 3.63) is 0 Å². The molecule has 1 saturated heterocycles. The quantitative estimate of drug-likeness (QED) is 0.742. The summed E-state index contributed by atoms with van der Waals surface area (Å²) in [5.41, 5.74) is 0. The van der Waals surface area contributed by atoms with Crippen LogP contribution in [0.4, 0.5) is 0 Å². The summed E-state index contributed by atoms with van der Waals surface area (Å²) in [6.45, 7) is 2.41. The summed E-state index contributed by atoms with van der Waals surface area (Å²) in [7, 11) is 2.12. The van der Waals surface area contributed by atoms with Crippen molar-refractivity contribution in [2.75, 3.05) is 26.7 Å². The minimum absolute atomic E-state index is 0.225. The number of carbonyl (C=O) groups is 1. The van der Waals surface area contributed by atoms with Gasteiger partial charge in [-0.1, -0.05) is 0 Å². The molecule has 2 rings (SSSR count). The van der Waals surface area contributed by atoms with Gasteiger partial charge < -0.3 is 10.0 Å². The SMILES string of the molecule is CN1CCC[C@H](N(CC(=O)O)C2CC2)C1. The van der Waals surface area contributed by atoms with E-state index in [2.05, 4.69) is 16.8 Å². The summed E-state index contributed by atoms with van der Waals surface area (Å²) in [6.07, 6.45) is 4.74. The van der Waals surface area contributed by atoms with Gasteiger partial charge in [0.05, 0.1) is 6.54 Å². The number of likely N-dealkylation sites (N-methyl/N-ethyl adjacent to an activating group) is 1. The Morgan fingerprint density at radius 1 is 1.40 bits per heavy atom. The van der Waals surface area contributed by atoms with Crippen LogP contribution < -0.4 is 0 Å². The molecular weight excluding hydrogens is 192 g/mol. The Labute approximate surface area is 90.9 Å². The zero-order valence-corrected chi connectivity index (χ0v) is 9.35. The van der Waals surface area contributed by atoms with Gasteiger partial charge >= 0.3 is 5.97 Å².